The van der Waals surface area contributed by atoms with Crippen LogP contribution in [0.25, 0.3) is 0 Å². The van der Waals surface area contributed by atoms with Crippen LogP contribution in [-0.4, -0.2) is 27.4 Å². The Morgan fingerprint density at radius 2 is 1.92 bits per heavy atom. The van der Waals surface area contributed by atoms with Crippen LogP contribution in [0.2, 0.25) is 5.02 Å². The summed E-state index contributed by atoms with van der Waals surface area (Å²) in [4.78, 5) is 12.1. The fraction of sp³-hybridized carbons (Fsp3) is 0.235. The maximum absolute atomic E-state index is 12.8. The Morgan fingerprint density at radius 1 is 1.21 bits per heavy atom. The van der Waals surface area contributed by atoms with E-state index < -0.39 is 10.0 Å². The second kappa shape index (κ2) is 6.45. The van der Waals surface area contributed by atoms with E-state index in [1.807, 2.05) is 6.92 Å². The van der Waals surface area contributed by atoms with Gasteiger partial charge in [-0.15, -0.1) is 0 Å². The Balaban J connectivity index is 1.94. The van der Waals surface area contributed by atoms with Gasteiger partial charge in [-0.1, -0.05) is 11.6 Å². The van der Waals surface area contributed by atoms with Crippen molar-refractivity contribution in [1.29, 1.82) is 0 Å². The van der Waals surface area contributed by atoms with Gasteiger partial charge in [0, 0.05) is 23.7 Å². The maximum Gasteiger partial charge on any atom is 0.264 e. The Hall–Kier alpha value is -2.05. The number of carbonyl (C=O) groups excluding carboxylic acids is 1. The Kier molecular flexibility index (Phi) is 4.51. The lowest BCUT2D eigenvalue weighted by Crippen LogP contribution is -2.29. The SMILES string of the molecule is CCNC(=O)c1ccc2c(c1)CCN2S(=O)(=O)c1ccc(Cl)cc1. The van der Waals surface area contributed by atoms with Gasteiger partial charge < -0.3 is 5.32 Å². The zero-order chi connectivity index (χ0) is 17.3. The van der Waals surface area contributed by atoms with Crippen LogP contribution in [0.15, 0.2) is 47.4 Å². The summed E-state index contributed by atoms with van der Waals surface area (Å²) in [5.41, 5.74) is 2.02. The van der Waals surface area contributed by atoms with Gasteiger partial charge in [-0.25, -0.2) is 8.42 Å². The smallest absolute Gasteiger partial charge is 0.264 e. The number of rotatable bonds is 4. The molecule has 2 aromatic carbocycles. The second-order valence-corrected chi connectivity index (χ2v) is 7.78. The van der Waals surface area contributed by atoms with Crippen LogP contribution in [0.5, 0.6) is 0 Å². The lowest BCUT2D eigenvalue weighted by molar-refractivity contribution is 0.0955. The van der Waals surface area contributed by atoms with Gasteiger partial charge in [0.2, 0.25) is 0 Å². The first-order chi connectivity index (χ1) is 11.4. The minimum Gasteiger partial charge on any atom is -0.352 e. The summed E-state index contributed by atoms with van der Waals surface area (Å²) >= 11 is 5.83. The van der Waals surface area contributed by atoms with Crippen molar-refractivity contribution in [3.05, 3.63) is 58.6 Å². The van der Waals surface area contributed by atoms with Crippen LogP contribution in [0.3, 0.4) is 0 Å². The molecule has 0 radical (unpaired) electrons. The Morgan fingerprint density at radius 3 is 2.58 bits per heavy atom. The average Bonchev–Trinajstić information content (AvgIpc) is 2.99. The highest BCUT2D eigenvalue weighted by Gasteiger charge is 2.31. The number of fused-ring (bicyclic) bond motifs is 1. The van der Waals surface area contributed by atoms with Gasteiger partial charge >= 0.3 is 0 Å². The molecule has 0 saturated heterocycles. The van der Waals surface area contributed by atoms with Crippen molar-refractivity contribution in [1.82, 2.24) is 5.32 Å². The summed E-state index contributed by atoms with van der Waals surface area (Å²) in [6, 6.07) is 11.2. The maximum atomic E-state index is 12.8. The first kappa shape index (κ1) is 16.8. The first-order valence-electron chi connectivity index (χ1n) is 7.63. The van der Waals surface area contributed by atoms with Crippen LogP contribution in [-0.2, 0) is 16.4 Å². The predicted molar refractivity (Wildman–Crippen MR) is 94.1 cm³/mol. The number of hydrogen-bond acceptors (Lipinski definition) is 3. The fourth-order valence-electron chi connectivity index (χ4n) is 2.76. The van der Waals surface area contributed by atoms with Crippen molar-refractivity contribution in [2.75, 3.05) is 17.4 Å². The van der Waals surface area contributed by atoms with Crippen molar-refractivity contribution in [2.24, 2.45) is 0 Å². The standard InChI is InChI=1S/C17H17ClN2O3S/c1-2-19-17(21)13-3-8-16-12(11-13)9-10-20(16)24(22,23)15-6-4-14(18)5-7-15/h3-8,11H,2,9-10H2,1H3,(H,19,21). The van der Waals surface area contributed by atoms with E-state index in [2.05, 4.69) is 5.32 Å². The van der Waals surface area contributed by atoms with E-state index >= 15 is 0 Å². The van der Waals surface area contributed by atoms with Gasteiger partial charge in [-0.05, 0) is 61.4 Å². The topological polar surface area (TPSA) is 66.5 Å². The van der Waals surface area contributed by atoms with Gasteiger partial charge in [-0.2, -0.15) is 0 Å². The highest BCUT2D eigenvalue weighted by atomic mass is 35.5. The zero-order valence-electron chi connectivity index (χ0n) is 13.1. The molecule has 3 rings (SSSR count). The van der Waals surface area contributed by atoms with Gasteiger partial charge in [0.15, 0.2) is 0 Å². The number of benzene rings is 2. The number of amides is 1. The lowest BCUT2D eigenvalue weighted by Gasteiger charge is -2.19. The molecule has 24 heavy (non-hydrogen) atoms. The van der Waals surface area contributed by atoms with Crippen molar-refractivity contribution in [3.63, 3.8) is 0 Å². The number of sulfonamides is 1. The number of hydrogen-bond donors (Lipinski definition) is 1. The van der Waals surface area contributed by atoms with Crippen LogP contribution < -0.4 is 9.62 Å². The van der Waals surface area contributed by atoms with Crippen LogP contribution >= 0.6 is 11.6 Å². The van der Waals surface area contributed by atoms with E-state index in [-0.39, 0.29) is 10.8 Å². The van der Waals surface area contributed by atoms with Crippen LogP contribution in [0.1, 0.15) is 22.8 Å². The third-order valence-corrected chi connectivity index (χ3v) is 6.01. The van der Waals surface area contributed by atoms with E-state index in [1.54, 1.807) is 30.3 Å². The molecule has 7 heteroatoms. The molecule has 0 unspecified atom stereocenters. The minimum absolute atomic E-state index is 0.153. The van der Waals surface area contributed by atoms with E-state index in [9.17, 15) is 13.2 Å². The Labute approximate surface area is 146 Å². The summed E-state index contributed by atoms with van der Waals surface area (Å²) in [5, 5.41) is 3.23. The molecule has 1 aliphatic rings. The summed E-state index contributed by atoms with van der Waals surface area (Å²) in [6.45, 7) is 2.76. The van der Waals surface area contributed by atoms with Crippen LogP contribution in [0.4, 0.5) is 5.69 Å². The monoisotopic (exact) mass is 364 g/mol. The minimum atomic E-state index is -3.64. The second-order valence-electron chi connectivity index (χ2n) is 5.48. The molecule has 0 fully saturated rings. The van der Waals surface area contributed by atoms with Crippen LogP contribution in [0, 0.1) is 0 Å². The molecule has 1 amide bonds. The molecular formula is C17H17ClN2O3S. The highest BCUT2D eigenvalue weighted by molar-refractivity contribution is 7.92. The molecule has 0 spiro atoms. The van der Waals surface area contributed by atoms with E-state index in [1.165, 1.54) is 16.4 Å². The molecule has 5 nitrogen and oxygen atoms in total. The van der Waals surface area contributed by atoms with E-state index in [0.717, 1.165) is 5.56 Å². The number of nitrogens with one attached hydrogen (secondary N) is 1. The Bertz CT molecular complexity index is 879. The van der Waals surface area contributed by atoms with Crippen molar-refractivity contribution >= 4 is 33.2 Å². The van der Waals surface area contributed by atoms with E-state index in [0.29, 0.717) is 35.8 Å². The fourth-order valence-corrected chi connectivity index (χ4v) is 4.39. The predicted octanol–water partition coefficient (Wildman–Crippen LogP) is 2.84. The molecular weight excluding hydrogens is 348 g/mol. The van der Waals surface area contributed by atoms with Crippen molar-refractivity contribution < 1.29 is 13.2 Å². The molecule has 1 N–H and O–H groups in total. The van der Waals surface area contributed by atoms with Crippen molar-refractivity contribution in [2.45, 2.75) is 18.2 Å². The number of carbonyl (C=O) groups is 1. The third-order valence-electron chi connectivity index (χ3n) is 3.93. The quantitative estimate of drug-likeness (QED) is 0.907. The van der Waals surface area contributed by atoms with Gasteiger partial charge in [0.1, 0.15) is 0 Å². The highest BCUT2D eigenvalue weighted by Crippen LogP contribution is 2.33. The van der Waals surface area contributed by atoms with Gasteiger partial charge in [0.25, 0.3) is 15.9 Å². The summed E-state index contributed by atoms with van der Waals surface area (Å²) in [7, 11) is -3.64. The largest absolute Gasteiger partial charge is 0.352 e. The number of nitrogens with zero attached hydrogens (tertiary/aromatic N) is 1. The number of anilines is 1. The zero-order valence-corrected chi connectivity index (χ0v) is 14.7. The number of halogens is 1. The normalized spacial score (nSPS) is 13.7. The van der Waals surface area contributed by atoms with Gasteiger partial charge in [0.05, 0.1) is 10.6 Å². The summed E-state index contributed by atoms with van der Waals surface area (Å²) < 4.78 is 27.0. The van der Waals surface area contributed by atoms with Crippen molar-refractivity contribution in [3.8, 4) is 0 Å². The molecule has 0 aromatic heterocycles. The molecule has 1 heterocycles. The molecule has 0 atom stereocenters. The lowest BCUT2D eigenvalue weighted by atomic mass is 10.1. The first-order valence-corrected chi connectivity index (χ1v) is 9.44. The summed E-state index contributed by atoms with van der Waals surface area (Å²) in [5.74, 6) is -0.153. The summed E-state index contributed by atoms with van der Waals surface area (Å²) in [6.07, 6.45) is 0.579. The third kappa shape index (κ3) is 2.99. The van der Waals surface area contributed by atoms with Gasteiger partial charge in [-0.3, -0.25) is 9.10 Å². The molecule has 0 saturated carbocycles. The molecule has 126 valence electrons. The molecule has 2 aromatic rings. The average molecular weight is 365 g/mol. The molecule has 0 bridgehead atoms. The molecule has 0 aliphatic carbocycles. The van der Waals surface area contributed by atoms with E-state index in [4.69, 9.17) is 11.6 Å². The molecule has 1 aliphatic heterocycles.